The van der Waals surface area contributed by atoms with Gasteiger partial charge in [0.25, 0.3) is 0 Å². The summed E-state index contributed by atoms with van der Waals surface area (Å²) in [5.41, 5.74) is -0.736. The highest BCUT2D eigenvalue weighted by atomic mass is 79.9. The van der Waals surface area contributed by atoms with Gasteiger partial charge >= 0.3 is 13.1 Å². The molecule has 0 saturated carbocycles. The van der Waals surface area contributed by atoms with Crippen LogP contribution in [0.5, 0.6) is 0 Å². The second-order valence-electron chi connectivity index (χ2n) is 2.72. The molecule has 0 unspecified atom stereocenters. The van der Waals surface area contributed by atoms with Gasteiger partial charge in [0.2, 0.25) is 0 Å². The van der Waals surface area contributed by atoms with Gasteiger partial charge in [-0.25, -0.2) is 9.18 Å². The lowest BCUT2D eigenvalue weighted by Gasteiger charge is -2.07. The third kappa shape index (κ3) is 2.56. The fourth-order valence-electron chi connectivity index (χ4n) is 1.06. The van der Waals surface area contributed by atoms with Crippen LogP contribution in [-0.2, 0) is 4.74 Å². The lowest BCUT2D eigenvalue weighted by Crippen LogP contribution is -2.34. The van der Waals surface area contributed by atoms with E-state index in [2.05, 4.69) is 20.7 Å². The molecule has 7 heteroatoms. The first-order valence-electron chi connectivity index (χ1n) is 3.90. The Morgan fingerprint density at radius 2 is 2.13 bits per heavy atom. The molecule has 0 aliphatic heterocycles. The molecule has 0 aromatic heterocycles. The topological polar surface area (TPSA) is 66.8 Å². The van der Waals surface area contributed by atoms with E-state index < -0.39 is 18.9 Å². The van der Waals surface area contributed by atoms with E-state index in [1.807, 2.05) is 0 Å². The Morgan fingerprint density at radius 1 is 1.53 bits per heavy atom. The number of carbonyl (C=O) groups excluding carboxylic acids is 1. The van der Waals surface area contributed by atoms with Crippen LogP contribution >= 0.6 is 15.9 Å². The minimum absolute atomic E-state index is 0.352. The van der Waals surface area contributed by atoms with Crippen molar-refractivity contribution in [3.05, 3.63) is 28.0 Å². The molecule has 0 bridgehead atoms. The lowest BCUT2D eigenvalue weighted by atomic mass is 9.79. The predicted molar refractivity (Wildman–Crippen MR) is 55.3 cm³/mol. The van der Waals surface area contributed by atoms with Crippen molar-refractivity contribution in [3.8, 4) is 0 Å². The van der Waals surface area contributed by atoms with Gasteiger partial charge in [-0.3, -0.25) is 0 Å². The summed E-state index contributed by atoms with van der Waals surface area (Å²) >= 11 is 3.02. The van der Waals surface area contributed by atoms with Crippen molar-refractivity contribution >= 4 is 34.5 Å². The Hall–Kier alpha value is -0.915. The van der Waals surface area contributed by atoms with Crippen LogP contribution in [0.4, 0.5) is 4.39 Å². The summed E-state index contributed by atoms with van der Waals surface area (Å²) in [6.07, 6.45) is 0. The largest absolute Gasteiger partial charge is 0.491 e. The molecule has 0 amide bonds. The van der Waals surface area contributed by atoms with Gasteiger partial charge in [0.1, 0.15) is 5.82 Å². The van der Waals surface area contributed by atoms with Crippen molar-refractivity contribution in [1.29, 1.82) is 0 Å². The smallest absolute Gasteiger partial charge is 0.465 e. The quantitative estimate of drug-likeness (QED) is 0.592. The number of carbonyl (C=O) groups is 1. The number of ether oxygens (including phenoxy) is 1. The van der Waals surface area contributed by atoms with Gasteiger partial charge in [0.15, 0.2) is 0 Å². The van der Waals surface area contributed by atoms with Crippen molar-refractivity contribution in [2.24, 2.45) is 0 Å². The van der Waals surface area contributed by atoms with Gasteiger partial charge in [-0.1, -0.05) is 15.9 Å². The Bertz CT molecular complexity index is 396. The zero-order chi connectivity index (χ0) is 11.6. The van der Waals surface area contributed by atoms with E-state index in [9.17, 15) is 9.18 Å². The molecule has 0 atom stereocenters. The molecule has 80 valence electrons. The molecule has 0 fully saturated rings. The molecule has 15 heavy (non-hydrogen) atoms. The molecule has 1 rings (SSSR count). The van der Waals surface area contributed by atoms with Crippen molar-refractivity contribution < 1.29 is 24.0 Å². The summed E-state index contributed by atoms with van der Waals surface area (Å²) in [5.74, 6) is -1.88. The molecule has 0 heterocycles. The standard InChI is InChI=1S/C8H7BBrFO4/c1-15-8(12)5-2-4(10)3-6(7(5)11)9(13)14/h2-3,13-14H,1H3. The van der Waals surface area contributed by atoms with Crippen LogP contribution in [0.25, 0.3) is 0 Å². The van der Waals surface area contributed by atoms with Crippen LogP contribution < -0.4 is 5.46 Å². The Morgan fingerprint density at radius 3 is 2.60 bits per heavy atom. The second kappa shape index (κ2) is 4.74. The predicted octanol–water partition coefficient (Wildman–Crippen LogP) is 0.0546. The average Bonchev–Trinajstić information content (AvgIpc) is 2.19. The molecule has 4 nitrogen and oxygen atoms in total. The van der Waals surface area contributed by atoms with Crippen molar-refractivity contribution in [2.45, 2.75) is 0 Å². The summed E-state index contributed by atoms with van der Waals surface area (Å²) < 4.78 is 18.2. The third-order valence-electron chi connectivity index (χ3n) is 1.75. The summed E-state index contributed by atoms with van der Waals surface area (Å²) in [6, 6.07) is 2.37. The van der Waals surface area contributed by atoms with E-state index in [-0.39, 0.29) is 11.0 Å². The first kappa shape index (κ1) is 12.2. The van der Waals surface area contributed by atoms with Crippen LogP contribution in [0.15, 0.2) is 16.6 Å². The maximum absolute atomic E-state index is 13.5. The van der Waals surface area contributed by atoms with Gasteiger partial charge in [0.05, 0.1) is 12.7 Å². The van der Waals surface area contributed by atoms with Crippen molar-refractivity contribution in [2.75, 3.05) is 7.11 Å². The SMILES string of the molecule is COC(=O)c1cc(Br)cc(B(O)O)c1F. The van der Waals surface area contributed by atoms with E-state index >= 15 is 0 Å². The molecule has 0 radical (unpaired) electrons. The maximum atomic E-state index is 13.5. The van der Waals surface area contributed by atoms with Gasteiger partial charge < -0.3 is 14.8 Å². The molecular weight excluding hydrogens is 270 g/mol. The number of rotatable bonds is 2. The van der Waals surface area contributed by atoms with Gasteiger partial charge in [-0.05, 0) is 12.1 Å². The minimum Gasteiger partial charge on any atom is -0.465 e. The summed E-state index contributed by atoms with van der Waals surface area (Å²) in [5, 5.41) is 17.7. The monoisotopic (exact) mass is 276 g/mol. The van der Waals surface area contributed by atoms with E-state index in [1.54, 1.807) is 0 Å². The minimum atomic E-state index is -1.98. The normalized spacial score (nSPS) is 9.93. The molecule has 0 aliphatic rings. The number of hydrogen-bond acceptors (Lipinski definition) is 4. The summed E-state index contributed by atoms with van der Waals surface area (Å²) in [7, 11) is -0.872. The first-order chi connectivity index (χ1) is 6.97. The van der Waals surface area contributed by atoms with Crippen LogP contribution in [0.3, 0.4) is 0 Å². The average molecular weight is 277 g/mol. The fourth-order valence-corrected chi connectivity index (χ4v) is 1.53. The van der Waals surface area contributed by atoms with Gasteiger partial charge in [-0.15, -0.1) is 0 Å². The second-order valence-corrected chi connectivity index (χ2v) is 3.64. The van der Waals surface area contributed by atoms with Crippen molar-refractivity contribution in [3.63, 3.8) is 0 Å². The van der Waals surface area contributed by atoms with Crippen LogP contribution in [0.2, 0.25) is 0 Å². The molecule has 0 spiro atoms. The fraction of sp³-hybridized carbons (Fsp3) is 0.125. The Balaban J connectivity index is 3.34. The van der Waals surface area contributed by atoms with Crippen molar-refractivity contribution in [1.82, 2.24) is 0 Å². The van der Waals surface area contributed by atoms with Gasteiger partial charge in [-0.2, -0.15) is 0 Å². The summed E-state index contributed by atoms with van der Waals surface area (Å²) in [6.45, 7) is 0. The molecular formula is C8H7BBrFO4. The number of halogens is 2. The van der Waals surface area contributed by atoms with Gasteiger partial charge in [0, 0.05) is 9.94 Å². The third-order valence-corrected chi connectivity index (χ3v) is 2.21. The number of methoxy groups -OCH3 is 1. The van der Waals surface area contributed by atoms with Crippen LogP contribution in [-0.4, -0.2) is 30.2 Å². The first-order valence-corrected chi connectivity index (χ1v) is 4.70. The highest BCUT2D eigenvalue weighted by Gasteiger charge is 2.23. The Kier molecular flexibility index (Phi) is 3.84. The highest BCUT2D eigenvalue weighted by molar-refractivity contribution is 9.10. The molecule has 1 aromatic rings. The van der Waals surface area contributed by atoms with Crippen LogP contribution in [0.1, 0.15) is 10.4 Å². The number of esters is 1. The number of hydrogen-bond donors (Lipinski definition) is 2. The van der Waals surface area contributed by atoms with E-state index in [0.29, 0.717) is 4.47 Å². The van der Waals surface area contributed by atoms with E-state index in [0.717, 1.165) is 7.11 Å². The Labute approximate surface area is 94.0 Å². The zero-order valence-electron chi connectivity index (χ0n) is 7.70. The summed E-state index contributed by atoms with van der Waals surface area (Å²) in [4.78, 5) is 11.1. The molecule has 0 saturated heterocycles. The number of benzene rings is 1. The molecule has 1 aromatic carbocycles. The molecule has 0 aliphatic carbocycles. The zero-order valence-corrected chi connectivity index (χ0v) is 9.28. The van der Waals surface area contributed by atoms with E-state index in [1.165, 1.54) is 12.1 Å². The molecule has 2 N–H and O–H groups in total. The maximum Gasteiger partial charge on any atom is 0.491 e. The highest BCUT2D eigenvalue weighted by Crippen LogP contribution is 2.15. The lowest BCUT2D eigenvalue weighted by molar-refractivity contribution is 0.0595. The van der Waals surface area contributed by atoms with Crippen LogP contribution in [0, 0.1) is 5.82 Å². The van der Waals surface area contributed by atoms with E-state index in [4.69, 9.17) is 10.0 Å².